The highest BCUT2D eigenvalue weighted by atomic mass is 14.9. The number of anilines is 1. The smallest absolute Gasteiger partial charge is 0.131 e. The number of aromatic nitrogens is 2. The van der Waals surface area contributed by atoms with Crippen LogP contribution in [0.15, 0.2) is 66.7 Å². The van der Waals surface area contributed by atoms with Crippen molar-refractivity contribution in [3.8, 4) is 11.1 Å². The SMILES string of the molecule is CC(C)(C)c1ccc(C=Cc2nc3cc(-c4ccccc4N)ccc3[nH]2)cc1. The number of hydrogen-bond acceptors (Lipinski definition) is 2. The summed E-state index contributed by atoms with van der Waals surface area (Å²) in [5.74, 6) is 0.841. The summed E-state index contributed by atoms with van der Waals surface area (Å²) in [5, 5.41) is 0. The van der Waals surface area contributed by atoms with E-state index in [1.54, 1.807) is 0 Å². The molecule has 28 heavy (non-hydrogen) atoms. The van der Waals surface area contributed by atoms with E-state index in [2.05, 4.69) is 74.3 Å². The van der Waals surface area contributed by atoms with Crippen LogP contribution in [0.2, 0.25) is 0 Å². The van der Waals surface area contributed by atoms with Crippen LogP contribution in [0.3, 0.4) is 0 Å². The topological polar surface area (TPSA) is 54.7 Å². The van der Waals surface area contributed by atoms with Gasteiger partial charge in [-0.2, -0.15) is 0 Å². The molecule has 0 unspecified atom stereocenters. The van der Waals surface area contributed by atoms with Crippen molar-refractivity contribution >= 4 is 28.9 Å². The molecule has 0 radical (unpaired) electrons. The molecule has 0 aliphatic carbocycles. The molecule has 3 heteroatoms. The third-order valence-corrected chi connectivity index (χ3v) is 4.98. The fourth-order valence-electron chi connectivity index (χ4n) is 3.30. The lowest BCUT2D eigenvalue weighted by molar-refractivity contribution is 0.590. The number of H-pyrrole nitrogens is 1. The quantitative estimate of drug-likeness (QED) is 0.419. The van der Waals surface area contributed by atoms with Crippen LogP contribution >= 0.6 is 0 Å². The van der Waals surface area contributed by atoms with Crippen molar-refractivity contribution in [1.82, 2.24) is 9.97 Å². The lowest BCUT2D eigenvalue weighted by Crippen LogP contribution is -2.10. The predicted molar refractivity (Wildman–Crippen MR) is 120 cm³/mol. The molecule has 3 nitrogen and oxygen atoms in total. The monoisotopic (exact) mass is 367 g/mol. The zero-order valence-corrected chi connectivity index (χ0v) is 16.5. The van der Waals surface area contributed by atoms with Gasteiger partial charge in [-0.25, -0.2) is 4.98 Å². The molecule has 4 aromatic rings. The first kappa shape index (κ1) is 18.1. The molecule has 3 aromatic carbocycles. The molecule has 0 spiro atoms. The molecule has 3 N–H and O–H groups in total. The average Bonchev–Trinajstić information content (AvgIpc) is 3.08. The second-order valence-corrected chi connectivity index (χ2v) is 8.15. The molecule has 0 saturated carbocycles. The normalized spacial score (nSPS) is 12.1. The molecular formula is C25H25N3. The maximum Gasteiger partial charge on any atom is 0.131 e. The number of nitrogens with two attached hydrogens (primary N) is 1. The van der Waals surface area contributed by atoms with Gasteiger partial charge in [0.05, 0.1) is 11.0 Å². The van der Waals surface area contributed by atoms with Crippen molar-refractivity contribution in [2.75, 3.05) is 5.73 Å². The molecule has 0 aliphatic heterocycles. The van der Waals surface area contributed by atoms with Crippen molar-refractivity contribution < 1.29 is 0 Å². The Hall–Kier alpha value is -3.33. The van der Waals surface area contributed by atoms with Gasteiger partial charge in [-0.05, 0) is 46.4 Å². The first-order valence-corrected chi connectivity index (χ1v) is 9.53. The molecule has 1 heterocycles. The lowest BCUT2D eigenvalue weighted by Gasteiger charge is -2.18. The number of hydrogen-bond donors (Lipinski definition) is 2. The van der Waals surface area contributed by atoms with Crippen LogP contribution in [0, 0.1) is 0 Å². The molecule has 0 atom stereocenters. The van der Waals surface area contributed by atoms with Crippen molar-refractivity contribution in [3.63, 3.8) is 0 Å². The van der Waals surface area contributed by atoms with Gasteiger partial charge in [-0.3, -0.25) is 0 Å². The lowest BCUT2D eigenvalue weighted by atomic mass is 9.87. The Bertz CT molecular complexity index is 1140. The van der Waals surface area contributed by atoms with Gasteiger partial charge in [-0.15, -0.1) is 0 Å². The van der Waals surface area contributed by atoms with Crippen molar-refractivity contribution in [1.29, 1.82) is 0 Å². The number of nitrogens with zero attached hydrogens (tertiary/aromatic N) is 1. The number of nitrogens with one attached hydrogen (secondary N) is 1. The van der Waals surface area contributed by atoms with Gasteiger partial charge in [-0.1, -0.05) is 75.4 Å². The summed E-state index contributed by atoms with van der Waals surface area (Å²) in [6, 6.07) is 22.8. The average molecular weight is 367 g/mol. The van der Waals surface area contributed by atoms with Gasteiger partial charge in [0.1, 0.15) is 5.82 Å². The predicted octanol–water partition coefficient (Wildman–Crippen LogP) is 6.28. The molecular weight excluding hydrogens is 342 g/mol. The summed E-state index contributed by atoms with van der Waals surface area (Å²) in [4.78, 5) is 8.08. The minimum Gasteiger partial charge on any atom is -0.398 e. The van der Waals surface area contributed by atoms with Crippen LogP contribution in [0.25, 0.3) is 34.3 Å². The second kappa shape index (κ2) is 7.01. The Labute approximate surface area is 165 Å². The van der Waals surface area contributed by atoms with E-state index in [0.717, 1.165) is 39.2 Å². The van der Waals surface area contributed by atoms with E-state index in [0.29, 0.717) is 0 Å². The number of imidazole rings is 1. The Morgan fingerprint density at radius 2 is 1.64 bits per heavy atom. The fourth-order valence-corrected chi connectivity index (χ4v) is 3.30. The third kappa shape index (κ3) is 3.70. The van der Waals surface area contributed by atoms with Gasteiger partial charge < -0.3 is 10.7 Å². The zero-order chi connectivity index (χ0) is 19.7. The molecule has 140 valence electrons. The largest absolute Gasteiger partial charge is 0.398 e. The summed E-state index contributed by atoms with van der Waals surface area (Å²) in [7, 11) is 0. The molecule has 0 fully saturated rings. The van der Waals surface area contributed by atoms with Crippen molar-refractivity contribution in [3.05, 3.63) is 83.7 Å². The van der Waals surface area contributed by atoms with E-state index in [4.69, 9.17) is 10.7 Å². The van der Waals surface area contributed by atoms with E-state index in [1.807, 2.05) is 30.3 Å². The number of benzene rings is 3. The Morgan fingerprint density at radius 1 is 0.893 bits per heavy atom. The summed E-state index contributed by atoms with van der Waals surface area (Å²) < 4.78 is 0. The van der Waals surface area contributed by atoms with Crippen molar-refractivity contribution in [2.45, 2.75) is 26.2 Å². The van der Waals surface area contributed by atoms with Crippen LogP contribution in [0.5, 0.6) is 0 Å². The third-order valence-electron chi connectivity index (χ3n) is 4.98. The molecule has 4 rings (SSSR count). The van der Waals surface area contributed by atoms with E-state index >= 15 is 0 Å². The standard InChI is InChI=1S/C25H25N3/c1-25(2,3)19-12-8-17(9-13-19)10-15-24-27-22-14-11-18(16-23(22)28-24)20-6-4-5-7-21(20)26/h4-16H,26H2,1-3H3,(H,27,28). The first-order valence-electron chi connectivity index (χ1n) is 9.53. The van der Waals surface area contributed by atoms with Crippen LogP contribution in [-0.2, 0) is 5.41 Å². The number of para-hydroxylation sites is 1. The summed E-state index contributed by atoms with van der Waals surface area (Å²) in [6.45, 7) is 6.68. The Morgan fingerprint density at radius 3 is 2.36 bits per heavy atom. The van der Waals surface area contributed by atoms with Crippen LogP contribution in [0.1, 0.15) is 37.7 Å². The Kier molecular flexibility index (Phi) is 4.52. The number of rotatable bonds is 3. The van der Waals surface area contributed by atoms with Gasteiger partial charge >= 0.3 is 0 Å². The van der Waals surface area contributed by atoms with Gasteiger partial charge in [0.25, 0.3) is 0 Å². The molecule has 0 bridgehead atoms. The highest BCUT2D eigenvalue weighted by molar-refractivity contribution is 5.86. The minimum absolute atomic E-state index is 0.167. The minimum atomic E-state index is 0.167. The van der Waals surface area contributed by atoms with E-state index in [1.165, 1.54) is 5.56 Å². The zero-order valence-electron chi connectivity index (χ0n) is 16.5. The number of nitrogen functional groups attached to an aromatic ring is 1. The van der Waals surface area contributed by atoms with Crippen LogP contribution in [-0.4, -0.2) is 9.97 Å². The Balaban J connectivity index is 1.60. The second-order valence-electron chi connectivity index (χ2n) is 8.15. The molecule has 0 saturated heterocycles. The van der Waals surface area contributed by atoms with Crippen molar-refractivity contribution in [2.24, 2.45) is 0 Å². The summed E-state index contributed by atoms with van der Waals surface area (Å²) in [5.41, 5.74) is 13.6. The summed E-state index contributed by atoms with van der Waals surface area (Å²) >= 11 is 0. The molecule has 0 amide bonds. The summed E-state index contributed by atoms with van der Waals surface area (Å²) in [6.07, 6.45) is 4.10. The van der Waals surface area contributed by atoms with Crippen LogP contribution < -0.4 is 5.73 Å². The van der Waals surface area contributed by atoms with Gasteiger partial charge in [0.15, 0.2) is 0 Å². The van der Waals surface area contributed by atoms with Crippen LogP contribution in [0.4, 0.5) is 5.69 Å². The highest BCUT2D eigenvalue weighted by Crippen LogP contribution is 2.28. The van der Waals surface area contributed by atoms with Gasteiger partial charge in [0.2, 0.25) is 0 Å². The van der Waals surface area contributed by atoms with E-state index < -0.39 is 0 Å². The maximum absolute atomic E-state index is 6.11. The maximum atomic E-state index is 6.11. The van der Waals surface area contributed by atoms with Gasteiger partial charge in [0, 0.05) is 11.3 Å². The van der Waals surface area contributed by atoms with E-state index in [-0.39, 0.29) is 5.41 Å². The first-order chi connectivity index (χ1) is 13.4. The number of aromatic amines is 1. The number of fused-ring (bicyclic) bond motifs is 1. The highest BCUT2D eigenvalue weighted by Gasteiger charge is 2.12. The fraction of sp³-hybridized carbons (Fsp3) is 0.160. The molecule has 1 aromatic heterocycles. The molecule has 0 aliphatic rings. The van der Waals surface area contributed by atoms with E-state index in [9.17, 15) is 0 Å².